The third kappa shape index (κ3) is 6.42. The van der Waals surface area contributed by atoms with Gasteiger partial charge in [-0.3, -0.25) is 9.59 Å². The first kappa shape index (κ1) is 15.0. The van der Waals surface area contributed by atoms with Crippen LogP contribution in [0.25, 0.3) is 0 Å². The van der Waals surface area contributed by atoms with Crippen molar-refractivity contribution in [2.75, 3.05) is 25.1 Å². The molecule has 104 valence electrons. The van der Waals surface area contributed by atoms with Crippen molar-refractivity contribution in [2.45, 2.75) is 13.3 Å². The standard InChI is InChI=1S/C13H18N2O4/c1-2-18-9-13(17)15-10-3-5-11(6-4-10)19-8-7-12(14)16/h3-6H,2,7-9H2,1H3,(H2,14,16)(H,15,17). The van der Waals surface area contributed by atoms with E-state index in [2.05, 4.69) is 5.32 Å². The van der Waals surface area contributed by atoms with Gasteiger partial charge in [-0.1, -0.05) is 0 Å². The van der Waals surface area contributed by atoms with Gasteiger partial charge < -0.3 is 20.5 Å². The summed E-state index contributed by atoms with van der Waals surface area (Å²) in [6.45, 7) is 2.60. The van der Waals surface area contributed by atoms with E-state index < -0.39 is 5.91 Å². The third-order valence-electron chi connectivity index (χ3n) is 2.19. The number of nitrogens with one attached hydrogen (secondary N) is 1. The van der Waals surface area contributed by atoms with E-state index in [1.54, 1.807) is 24.3 Å². The highest BCUT2D eigenvalue weighted by atomic mass is 16.5. The highest BCUT2D eigenvalue weighted by Crippen LogP contribution is 2.15. The second-order valence-electron chi connectivity index (χ2n) is 3.77. The molecule has 0 saturated carbocycles. The number of rotatable bonds is 8. The van der Waals surface area contributed by atoms with E-state index in [0.717, 1.165) is 0 Å². The summed E-state index contributed by atoms with van der Waals surface area (Å²) < 4.78 is 10.3. The van der Waals surface area contributed by atoms with E-state index in [1.807, 2.05) is 6.92 Å². The number of nitrogens with two attached hydrogens (primary N) is 1. The molecule has 1 aromatic carbocycles. The van der Waals surface area contributed by atoms with Gasteiger partial charge in [0, 0.05) is 12.3 Å². The van der Waals surface area contributed by atoms with Gasteiger partial charge in [0.2, 0.25) is 11.8 Å². The fourth-order valence-corrected chi connectivity index (χ4v) is 1.30. The van der Waals surface area contributed by atoms with Gasteiger partial charge in [-0.25, -0.2) is 0 Å². The Hall–Kier alpha value is -2.08. The third-order valence-corrected chi connectivity index (χ3v) is 2.19. The molecule has 1 aromatic rings. The van der Waals surface area contributed by atoms with Crippen molar-refractivity contribution in [3.05, 3.63) is 24.3 Å². The monoisotopic (exact) mass is 266 g/mol. The summed E-state index contributed by atoms with van der Waals surface area (Å²) in [6.07, 6.45) is 0.173. The van der Waals surface area contributed by atoms with Crippen LogP contribution in [0, 0.1) is 0 Å². The molecule has 0 radical (unpaired) electrons. The molecule has 0 fully saturated rings. The molecule has 1 rings (SSSR count). The highest BCUT2D eigenvalue weighted by molar-refractivity contribution is 5.91. The minimum Gasteiger partial charge on any atom is -0.493 e. The van der Waals surface area contributed by atoms with Crippen molar-refractivity contribution in [1.82, 2.24) is 0 Å². The van der Waals surface area contributed by atoms with Gasteiger partial charge in [0.25, 0.3) is 0 Å². The average Bonchev–Trinajstić information content (AvgIpc) is 2.38. The fourth-order valence-electron chi connectivity index (χ4n) is 1.30. The van der Waals surface area contributed by atoms with Crippen LogP contribution in [0.5, 0.6) is 5.75 Å². The Morgan fingerprint density at radius 2 is 1.95 bits per heavy atom. The molecule has 19 heavy (non-hydrogen) atoms. The van der Waals surface area contributed by atoms with Crippen molar-refractivity contribution >= 4 is 17.5 Å². The number of hydrogen-bond donors (Lipinski definition) is 2. The van der Waals surface area contributed by atoms with E-state index in [4.69, 9.17) is 15.2 Å². The van der Waals surface area contributed by atoms with Crippen LogP contribution in [0.3, 0.4) is 0 Å². The lowest BCUT2D eigenvalue weighted by molar-refractivity contribution is -0.120. The molecule has 2 amide bonds. The highest BCUT2D eigenvalue weighted by Gasteiger charge is 2.02. The number of hydrogen-bond acceptors (Lipinski definition) is 4. The number of anilines is 1. The molecule has 0 spiro atoms. The maximum Gasteiger partial charge on any atom is 0.250 e. The topological polar surface area (TPSA) is 90.7 Å². The molecule has 0 bridgehead atoms. The van der Waals surface area contributed by atoms with E-state index >= 15 is 0 Å². The number of benzene rings is 1. The quantitative estimate of drug-likeness (QED) is 0.732. The van der Waals surface area contributed by atoms with Crippen LogP contribution in [-0.2, 0) is 14.3 Å². The van der Waals surface area contributed by atoms with Crippen LogP contribution in [0.4, 0.5) is 5.69 Å². The summed E-state index contributed by atoms with van der Waals surface area (Å²) in [6, 6.07) is 6.83. The number of ether oxygens (including phenoxy) is 2. The lowest BCUT2D eigenvalue weighted by Gasteiger charge is -2.07. The zero-order chi connectivity index (χ0) is 14.1. The number of carbonyl (C=O) groups is 2. The second-order valence-corrected chi connectivity index (χ2v) is 3.77. The first-order valence-corrected chi connectivity index (χ1v) is 6.00. The van der Waals surface area contributed by atoms with Crippen molar-refractivity contribution < 1.29 is 19.1 Å². The van der Waals surface area contributed by atoms with Gasteiger partial charge in [0.1, 0.15) is 12.4 Å². The minimum atomic E-state index is -0.403. The summed E-state index contributed by atoms with van der Waals surface area (Å²) in [5, 5.41) is 2.68. The molecule has 0 atom stereocenters. The molecular weight excluding hydrogens is 248 g/mol. The van der Waals surface area contributed by atoms with E-state index in [1.165, 1.54) is 0 Å². The molecule has 0 saturated heterocycles. The van der Waals surface area contributed by atoms with Gasteiger partial charge in [-0.2, -0.15) is 0 Å². The smallest absolute Gasteiger partial charge is 0.250 e. The largest absolute Gasteiger partial charge is 0.493 e. The molecule has 6 nitrogen and oxygen atoms in total. The maximum atomic E-state index is 11.4. The molecule has 0 aliphatic heterocycles. The number of amides is 2. The SMILES string of the molecule is CCOCC(=O)Nc1ccc(OCCC(N)=O)cc1. The average molecular weight is 266 g/mol. The van der Waals surface area contributed by atoms with Crippen LogP contribution < -0.4 is 15.8 Å². The summed E-state index contributed by atoms with van der Waals surface area (Å²) in [5.41, 5.74) is 5.66. The summed E-state index contributed by atoms with van der Waals surface area (Å²) in [5.74, 6) is 0.00751. The van der Waals surface area contributed by atoms with Crippen LogP contribution in [0.2, 0.25) is 0 Å². The number of primary amides is 1. The molecule has 0 heterocycles. The predicted molar refractivity (Wildman–Crippen MR) is 70.9 cm³/mol. The first-order valence-electron chi connectivity index (χ1n) is 6.00. The van der Waals surface area contributed by atoms with Gasteiger partial charge in [-0.15, -0.1) is 0 Å². The Morgan fingerprint density at radius 1 is 1.26 bits per heavy atom. The van der Waals surface area contributed by atoms with Crippen molar-refractivity contribution in [2.24, 2.45) is 5.73 Å². The predicted octanol–water partition coefficient (Wildman–Crippen LogP) is 0.916. The minimum absolute atomic E-state index is 0.0351. The van der Waals surface area contributed by atoms with Crippen molar-refractivity contribution in [3.63, 3.8) is 0 Å². The molecular formula is C13H18N2O4. The molecule has 6 heteroatoms. The molecule has 0 aliphatic carbocycles. The Bertz CT molecular complexity index is 417. The fraction of sp³-hybridized carbons (Fsp3) is 0.385. The molecule has 0 aliphatic rings. The Balaban J connectivity index is 2.38. The Labute approximate surface area is 111 Å². The van der Waals surface area contributed by atoms with Crippen LogP contribution in [-0.4, -0.2) is 31.6 Å². The van der Waals surface area contributed by atoms with E-state index in [-0.39, 0.29) is 25.5 Å². The lowest BCUT2D eigenvalue weighted by Crippen LogP contribution is -2.18. The number of carbonyl (C=O) groups excluding carboxylic acids is 2. The first-order chi connectivity index (χ1) is 9.11. The van der Waals surface area contributed by atoms with Crippen LogP contribution >= 0.6 is 0 Å². The van der Waals surface area contributed by atoms with E-state index in [9.17, 15) is 9.59 Å². The van der Waals surface area contributed by atoms with Crippen molar-refractivity contribution in [1.29, 1.82) is 0 Å². The van der Waals surface area contributed by atoms with Crippen molar-refractivity contribution in [3.8, 4) is 5.75 Å². The maximum absolute atomic E-state index is 11.4. The lowest BCUT2D eigenvalue weighted by atomic mass is 10.3. The summed E-state index contributed by atoms with van der Waals surface area (Å²) in [7, 11) is 0. The molecule has 3 N–H and O–H groups in total. The summed E-state index contributed by atoms with van der Waals surface area (Å²) in [4.78, 5) is 21.9. The molecule has 0 aromatic heterocycles. The van der Waals surface area contributed by atoms with Gasteiger partial charge in [0.15, 0.2) is 0 Å². The molecule has 0 unspecified atom stereocenters. The van der Waals surface area contributed by atoms with Gasteiger partial charge >= 0.3 is 0 Å². The van der Waals surface area contributed by atoms with Gasteiger partial charge in [0.05, 0.1) is 13.0 Å². The normalized spacial score (nSPS) is 9.95. The Morgan fingerprint density at radius 3 is 2.53 bits per heavy atom. The Kier molecular flexibility index (Phi) is 6.38. The van der Waals surface area contributed by atoms with Crippen LogP contribution in [0.1, 0.15) is 13.3 Å². The van der Waals surface area contributed by atoms with Crippen LogP contribution in [0.15, 0.2) is 24.3 Å². The zero-order valence-electron chi connectivity index (χ0n) is 10.8. The summed E-state index contributed by atoms with van der Waals surface area (Å²) >= 11 is 0. The second kappa shape index (κ2) is 8.10. The zero-order valence-corrected chi connectivity index (χ0v) is 10.8. The van der Waals surface area contributed by atoms with E-state index in [0.29, 0.717) is 18.0 Å². The van der Waals surface area contributed by atoms with Gasteiger partial charge in [-0.05, 0) is 31.2 Å².